The van der Waals surface area contributed by atoms with Gasteiger partial charge in [0.2, 0.25) is 5.95 Å². The molecule has 2 heterocycles. The van der Waals surface area contributed by atoms with Crippen LogP contribution in [0.1, 0.15) is 5.56 Å². The van der Waals surface area contributed by atoms with Crippen molar-refractivity contribution in [1.82, 2.24) is 9.55 Å². The lowest BCUT2D eigenvalue weighted by Crippen LogP contribution is -2.23. The van der Waals surface area contributed by atoms with Gasteiger partial charge in [-0.25, -0.2) is 0 Å². The third-order valence-corrected chi connectivity index (χ3v) is 4.19. The summed E-state index contributed by atoms with van der Waals surface area (Å²) in [5.41, 5.74) is 3.77. The number of hydrogen-bond donors (Lipinski definition) is 1. The van der Waals surface area contributed by atoms with E-state index in [0.29, 0.717) is 5.49 Å². The van der Waals surface area contributed by atoms with Crippen molar-refractivity contribution in [1.29, 1.82) is 5.41 Å². The summed E-state index contributed by atoms with van der Waals surface area (Å²) in [7, 11) is 0. The molecule has 0 spiro atoms. The number of hydrogen-bond acceptors (Lipinski definition) is 3. The maximum absolute atomic E-state index is 8.07. The topological polar surface area (TPSA) is 44.9 Å². The van der Waals surface area contributed by atoms with Gasteiger partial charge in [-0.05, 0) is 11.1 Å². The van der Waals surface area contributed by atoms with Crippen molar-refractivity contribution in [2.24, 2.45) is 0 Å². The predicted molar refractivity (Wildman–Crippen MR) is 91.0 cm³/mol. The zero-order chi connectivity index (χ0) is 15.6. The molecule has 0 saturated heterocycles. The molecule has 0 aliphatic carbocycles. The van der Waals surface area contributed by atoms with Crippen LogP contribution in [0.3, 0.4) is 0 Å². The van der Waals surface area contributed by atoms with Crippen LogP contribution < -0.4 is 10.4 Å². The Morgan fingerprint density at radius 2 is 1.61 bits per heavy atom. The Bertz CT molecular complexity index is 869. The Morgan fingerprint density at radius 3 is 2.35 bits per heavy atom. The summed E-state index contributed by atoms with van der Waals surface area (Å²) in [5.74, 6) is 0.889. The second-order valence-electron chi connectivity index (χ2n) is 5.75. The lowest BCUT2D eigenvalue weighted by molar-refractivity contribution is 0.772. The lowest BCUT2D eigenvalue weighted by Gasteiger charge is -2.18. The first kappa shape index (κ1) is 13.8. The molecule has 1 N–H and O–H groups in total. The monoisotopic (exact) mass is 302 g/mol. The fourth-order valence-electron chi connectivity index (χ4n) is 3.10. The van der Waals surface area contributed by atoms with Crippen molar-refractivity contribution in [2.45, 2.75) is 13.1 Å². The van der Waals surface area contributed by atoms with Gasteiger partial charge in [0.05, 0.1) is 5.69 Å². The minimum atomic E-state index is 0.315. The summed E-state index contributed by atoms with van der Waals surface area (Å²) in [6.45, 7) is 2.65. The summed E-state index contributed by atoms with van der Waals surface area (Å²) in [6, 6.07) is 22.5. The summed E-state index contributed by atoms with van der Waals surface area (Å²) in [6.07, 6.45) is 0. The summed E-state index contributed by atoms with van der Waals surface area (Å²) in [5, 5.41) is 8.07. The van der Waals surface area contributed by atoms with E-state index in [2.05, 4.69) is 50.8 Å². The zero-order valence-electron chi connectivity index (χ0n) is 12.8. The van der Waals surface area contributed by atoms with Crippen molar-refractivity contribution >= 4 is 5.95 Å². The molecule has 0 fully saturated rings. The molecular weight excluding hydrogens is 284 g/mol. The van der Waals surface area contributed by atoms with Gasteiger partial charge in [-0.15, -0.1) is 0 Å². The second kappa shape index (κ2) is 5.72. The largest absolute Gasteiger partial charge is 0.336 e. The molecule has 2 aromatic carbocycles. The van der Waals surface area contributed by atoms with Gasteiger partial charge in [-0.3, -0.25) is 5.41 Å². The third kappa shape index (κ3) is 2.63. The minimum absolute atomic E-state index is 0.315. The summed E-state index contributed by atoms with van der Waals surface area (Å²) < 4.78 is 2.22. The van der Waals surface area contributed by atoms with Gasteiger partial charge < -0.3 is 9.47 Å². The number of rotatable bonds is 3. The van der Waals surface area contributed by atoms with Crippen molar-refractivity contribution < 1.29 is 0 Å². The molecule has 1 aliphatic heterocycles. The molecule has 1 aromatic heterocycles. The summed E-state index contributed by atoms with van der Waals surface area (Å²) in [4.78, 5) is 6.72. The van der Waals surface area contributed by atoms with Crippen LogP contribution >= 0.6 is 0 Å². The molecule has 23 heavy (non-hydrogen) atoms. The van der Waals surface area contributed by atoms with Crippen LogP contribution in [-0.4, -0.2) is 16.1 Å². The first-order valence-electron chi connectivity index (χ1n) is 7.82. The molecular formula is C19H18N4. The maximum atomic E-state index is 8.07. The second-order valence-corrected chi connectivity index (χ2v) is 5.75. The van der Waals surface area contributed by atoms with E-state index in [4.69, 9.17) is 5.41 Å². The van der Waals surface area contributed by atoms with Crippen molar-refractivity contribution in [3.05, 3.63) is 77.8 Å². The molecule has 3 aromatic rings. The van der Waals surface area contributed by atoms with Crippen LogP contribution in [0.5, 0.6) is 0 Å². The van der Waals surface area contributed by atoms with Gasteiger partial charge in [-0.2, -0.15) is 4.98 Å². The van der Waals surface area contributed by atoms with Crippen molar-refractivity contribution in [3.63, 3.8) is 0 Å². The third-order valence-electron chi connectivity index (χ3n) is 4.19. The Balaban J connectivity index is 1.75. The molecule has 0 saturated carbocycles. The summed E-state index contributed by atoms with van der Waals surface area (Å²) >= 11 is 0. The highest BCUT2D eigenvalue weighted by atomic mass is 15.4. The fourth-order valence-corrected chi connectivity index (χ4v) is 3.10. The number of anilines is 1. The molecule has 0 bridgehead atoms. The van der Waals surface area contributed by atoms with E-state index in [1.807, 2.05) is 30.3 Å². The van der Waals surface area contributed by atoms with Crippen LogP contribution in [-0.2, 0) is 13.1 Å². The van der Waals surface area contributed by atoms with Gasteiger partial charge in [0.25, 0.3) is 0 Å². The van der Waals surface area contributed by atoms with Crippen LogP contribution in [0, 0.1) is 5.41 Å². The molecule has 114 valence electrons. The molecule has 4 nitrogen and oxygen atoms in total. The first-order valence-corrected chi connectivity index (χ1v) is 7.82. The SMILES string of the molecule is N=c1cc(-c2ccccc2)n2c(n1)N(Cc1ccccc1)CC2. The molecule has 0 atom stereocenters. The minimum Gasteiger partial charge on any atom is -0.336 e. The highest BCUT2D eigenvalue weighted by molar-refractivity contribution is 5.62. The predicted octanol–water partition coefficient (Wildman–Crippen LogP) is 3.05. The quantitative estimate of drug-likeness (QED) is 0.808. The molecule has 1 aliphatic rings. The normalized spacial score (nSPS) is 13.1. The van der Waals surface area contributed by atoms with Crippen LogP contribution in [0.15, 0.2) is 66.7 Å². The zero-order valence-corrected chi connectivity index (χ0v) is 12.8. The van der Waals surface area contributed by atoms with Crippen LogP contribution in [0.25, 0.3) is 11.3 Å². The van der Waals surface area contributed by atoms with Crippen molar-refractivity contribution in [2.75, 3.05) is 11.4 Å². The standard InChI is InChI=1S/C19H18N4/c20-18-13-17(16-9-5-2-6-10-16)23-12-11-22(19(23)21-18)14-15-7-3-1-4-8-15/h1-10,13,20H,11-12,14H2. The fraction of sp³-hybridized carbons (Fsp3) is 0.158. The Labute approximate surface area is 135 Å². The molecule has 0 amide bonds. The number of nitrogens with one attached hydrogen (secondary N) is 1. The van der Waals surface area contributed by atoms with Gasteiger partial charge in [0.1, 0.15) is 0 Å². The van der Waals surface area contributed by atoms with E-state index in [1.165, 1.54) is 5.56 Å². The number of aromatic nitrogens is 2. The number of nitrogens with zero attached hydrogens (tertiary/aromatic N) is 3. The molecule has 0 unspecified atom stereocenters. The highest BCUT2D eigenvalue weighted by Gasteiger charge is 2.22. The molecule has 4 rings (SSSR count). The van der Waals surface area contributed by atoms with E-state index in [1.54, 1.807) is 0 Å². The Kier molecular flexibility index (Phi) is 3.42. The van der Waals surface area contributed by atoms with E-state index in [0.717, 1.165) is 36.8 Å². The van der Waals surface area contributed by atoms with E-state index in [-0.39, 0.29) is 0 Å². The van der Waals surface area contributed by atoms with Gasteiger partial charge >= 0.3 is 0 Å². The average Bonchev–Trinajstić information content (AvgIpc) is 2.99. The Morgan fingerprint density at radius 1 is 0.913 bits per heavy atom. The van der Waals surface area contributed by atoms with E-state index < -0.39 is 0 Å². The number of benzene rings is 2. The maximum Gasteiger partial charge on any atom is 0.208 e. The van der Waals surface area contributed by atoms with Crippen molar-refractivity contribution in [3.8, 4) is 11.3 Å². The van der Waals surface area contributed by atoms with E-state index in [9.17, 15) is 0 Å². The average molecular weight is 302 g/mol. The Hall–Kier alpha value is -2.88. The molecule has 0 radical (unpaired) electrons. The van der Waals surface area contributed by atoms with Gasteiger partial charge in [0, 0.05) is 25.7 Å². The van der Waals surface area contributed by atoms with Crippen LogP contribution in [0.2, 0.25) is 0 Å². The lowest BCUT2D eigenvalue weighted by atomic mass is 10.1. The van der Waals surface area contributed by atoms with Gasteiger partial charge in [0.15, 0.2) is 5.49 Å². The highest BCUT2D eigenvalue weighted by Crippen LogP contribution is 2.27. The van der Waals surface area contributed by atoms with E-state index >= 15 is 0 Å². The molecule has 4 heteroatoms. The number of fused-ring (bicyclic) bond motifs is 1. The first-order chi connectivity index (χ1) is 11.3. The van der Waals surface area contributed by atoms with Gasteiger partial charge in [-0.1, -0.05) is 60.7 Å². The van der Waals surface area contributed by atoms with Crippen LogP contribution in [0.4, 0.5) is 5.95 Å². The smallest absolute Gasteiger partial charge is 0.208 e.